The number of methoxy groups -OCH3 is 1. The normalized spacial score (nSPS) is 11.9. The number of esters is 1. The van der Waals surface area contributed by atoms with E-state index in [1.165, 1.54) is 31.4 Å². The van der Waals surface area contributed by atoms with E-state index >= 15 is 0 Å². The summed E-state index contributed by atoms with van der Waals surface area (Å²) in [6.07, 6.45) is 0.0344. The molecule has 3 nitrogen and oxygen atoms in total. The van der Waals surface area contributed by atoms with Crippen LogP contribution in [0.4, 0.5) is 4.39 Å². The van der Waals surface area contributed by atoms with E-state index in [9.17, 15) is 14.0 Å². The van der Waals surface area contributed by atoms with Crippen molar-refractivity contribution in [1.29, 1.82) is 0 Å². The van der Waals surface area contributed by atoms with Crippen molar-refractivity contribution in [2.75, 3.05) is 7.11 Å². The lowest BCUT2D eigenvalue weighted by atomic mass is 9.96. The molecule has 1 aromatic carbocycles. The quantitative estimate of drug-likeness (QED) is 0.581. The number of rotatable bonds is 4. The summed E-state index contributed by atoms with van der Waals surface area (Å²) in [5.41, 5.74) is 0.401. The largest absolute Gasteiger partial charge is 0.469 e. The smallest absolute Gasteiger partial charge is 0.306 e. The number of hydrogen-bond donors (Lipinski definition) is 0. The highest BCUT2D eigenvalue weighted by Gasteiger charge is 2.18. The van der Waals surface area contributed by atoms with E-state index in [0.717, 1.165) is 0 Å². The topological polar surface area (TPSA) is 43.4 Å². The molecule has 0 saturated carbocycles. The Bertz CT molecular complexity index is 384. The first-order chi connectivity index (χ1) is 7.54. The average Bonchev–Trinajstić information content (AvgIpc) is 2.28. The molecule has 0 saturated heterocycles. The van der Waals surface area contributed by atoms with E-state index < -0.39 is 17.7 Å². The number of carbonyl (C=O) groups is 2. The lowest BCUT2D eigenvalue weighted by Crippen LogP contribution is -2.16. The number of halogens is 1. The van der Waals surface area contributed by atoms with Gasteiger partial charge in [-0.25, -0.2) is 4.39 Å². The minimum atomic E-state index is -0.460. The summed E-state index contributed by atoms with van der Waals surface area (Å²) in [7, 11) is 1.28. The van der Waals surface area contributed by atoms with Crippen LogP contribution in [-0.2, 0) is 9.53 Å². The molecule has 0 fully saturated rings. The molecular weight excluding hydrogens is 211 g/mol. The van der Waals surface area contributed by atoms with Gasteiger partial charge in [0.25, 0.3) is 0 Å². The number of hydrogen-bond acceptors (Lipinski definition) is 3. The third-order valence-corrected chi connectivity index (χ3v) is 2.28. The van der Waals surface area contributed by atoms with Crippen LogP contribution in [0, 0.1) is 11.7 Å². The van der Waals surface area contributed by atoms with Crippen molar-refractivity contribution in [3.63, 3.8) is 0 Å². The highest BCUT2D eigenvalue weighted by Crippen LogP contribution is 2.13. The van der Waals surface area contributed by atoms with Crippen molar-refractivity contribution in [2.45, 2.75) is 13.3 Å². The van der Waals surface area contributed by atoms with Gasteiger partial charge in [-0.2, -0.15) is 0 Å². The number of carbonyl (C=O) groups excluding carboxylic acids is 2. The molecule has 4 heteroatoms. The van der Waals surface area contributed by atoms with E-state index in [-0.39, 0.29) is 12.2 Å². The molecule has 86 valence electrons. The molecule has 0 radical (unpaired) electrons. The Morgan fingerprint density at radius 3 is 2.38 bits per heavy atom. The molecule has 0 spiro atoms. The van der Waals surface area contributed by atoms with E-state index in [2.05, 4.69) is 4.74 Å². The monoisotopic (exact) mass is 224 g/mol. The fraction of sp³-hybridized carbons (Fsp3) is 0.333. The summed E-state index contributed by atoms with van der Waals surface area (Å²) in [6.45, 7) is 1.64. The maximum atomic E-state index is 12.6. The summed E-state index contributed by atoms with van der Waals surface area (Å²) in [4.78, 5) is 22.8. The van der Waals surface area contributed by atoms with Crippen LogP contribution in [0.25, 0.3) is 0 Å². The van der Waals surface area contributed by atoms with Gasteiger partial charge in [-0.05, 0) is 24.3 Å². The van der Waals surface area contributed by atoms with Gasteiger partial charge in [0.05, 0.1) is 13.5 Å². The SMILES string of the molecule is COC(=O)CC(C)C(=O)c1ccc(F)cc1. The van der Waals surface area contributed by atoms with Crippen LogP contribution in [-0.4, -0.2) is 18.9 Å². The van der Waals surface area contributed by atoms with Crippen LogP contribution in [0.1, 0.15) is 23.7 Å². The molecule has 1 atom stereocenters. The molecule has 0 N–H and O–H groups in total. The van der Waals surface area contributed by atoms with Crippen LogP contribution in [0.5, 0.6) is 0 Å². The first-order valence-electron chi connectivity index (χ1n) is 4.91. The lowest BCUT2D eigenvalue weighted by molar-refractivity contribution is -0.141. The zero-order valence-corrected chi connectivity index (χ0v) is 9.20. The van der Waals surface area contributed by atoms with Gasteiger partial charge in [0.2, 0.25) is 0 Å². The van der Waals surface area contributed by atoms with Gasteiger partial charge < -0.3 is 4.74 Å². The summed E-state index contributed by atoms with van der Waals surface area (Å²) in [5.74, 6) is -1.47. The Morgan fingerprint density at radius 1 is 1.31 bits per heavy atom. The Kier molecular flexibility index (Phi) is 4.17. The Labute approximate surface area is 93.2 Å². The highest BCUT2D eigenvalue weighted by molar-refractivity contribution is 5.99. The second kappa shape index (κ2) is 5.39. The van der Waals surface area contributed by atoms with Crippen LogP contribution >= 0.6 is 0 Å². The summed E-state index contributed by atoms with van der Waals surface area (Å²) in [5, 5.41) is 0. The molecule has 16 heavy (non-hydrogen) atoms. The molecule has 0 amide bonds. The number of ketones is 1. The van der Waals surface area contributed by atoms with Gasteiger partial charge in [-0.1, -0.05) is 6.92 Å². The molecule has 1 aromatic rings. The van der Waals surface area contributed by atoms with Gasteiger partial charge in [0, 0.05) is 11.5 Å². The summed E-state index contributed by atoms with van der Waals surface area (Å²) >= 11 is 0. The second-order valence-electron chi connectivity index (χ2n) is 3.55. The maximum Gasteiger partial charge on any atom is 0.306 e. The predicted molar refractivity (Wildman–Crippen MR) is 56.5 cm³/mol. The van der Waals surface area contributed by atoms with Crippen LogP contribution in [0.15, 0.2) is 24.3 Å². The minimum Gasteiger partial charge on any atom is -0.469 e. The number of benzene rings is 1. The van der Waals surface area contributed by atoms with Crippen molar-refractivity contribution >= 4 is 11.8 Å². The standard InChI is InChI=1S/C12H13FO3/c1-8(7-11(14)16-2)12(15)9-3-5-10(13)6-4-9/h3-6,8H,7H2,1-2H3. The van der Waals surface area contributed by atoms with Gasteiger partial charge in [-0.15, -0.1) is 0 Å². The molecule has 0 heterocycles. The van der Waals surface area contributed by atoms with Crippen LogP contribution in [0.2, 0.25) is 0 Å². The first kappa shape index (κ1) is 12.4. The first-order valence-corrected chi connectivity index (χ1v) is 4.91. The third kappa shape index (κ3) is 3.15. The lowest BCUT2D eigenvalue weighted by Gasteiger charge is -2.08. The highest BCUT2D eigenvalue weighted by atomic mass is 19.1. The molecule has 0 aliphatic rings. The molecule has 0 aliphatic heterocycles. The maximum absolute atomic E-state index is 12.6. The fourth-order valence-corrected chi connectivity index (χ4v) is 1.32. The summed E-state index contributed by atoms with van der Waals surface area (Å²) in [6, 6.07) is 5.26. The Morgan fingerprint density at radius 2 is 1.88 bits per heavy atom. The third-order valence-electron chi connectivity index (χ3n) is 2.28. The van der Waals surface area contributed by atoms with Gasteiger partial charge in [-0.3, -0.25) is 9.59 Å². The van der Waals surface area contributed by atoms with Crippen LogP contribution < -0.4 is 0 Å². The van der Waals surface area contributed by atoms with Crippen molar-refractivity contribution in [3.05, 3.63) is 35.6 Å². The zero-order chi connectivity index (χ0) is 12.1. The van der Waals surface area contributed by atoms with Gasteiger partial charge in [0.1, 0.15) is 5.82 Å². The van der Waals surface area contributed by atoms with Gasteiger partial charge >= 0.3 is 5.97 Å². The van der Waals surface area contributed by atoms with E-state index in [4.69, 9.17) is 0 Å². The van der Waals surface area contributed by atoms with E-state index in [1.807, 2.05) is 0 Å². The molecule has 1 unspecified atom stereocenters. The fourth-order valence-electron chi connectivity index (χ4n) is 1.32. The predicted octanol–water partition coefficient (Wildman–Crippen LogP) is 2.21. The molecule has 1 rings (SSSR count). The number of Topliss-reactive ketones (excluding diaryl/α,β-unsaturated/α-hetero) is 1. The molecular formula is C12H13FO3. The Balaban J connectivity index is 2.70. The molecule has 0 bridgehead atoms. The van der Waals surface area contributed by atoms with Crippen molar-refractivity contribution in [2.24, 2.45) is 5.92 Å². The average molecular weight is 224 g/mol. The summed E-state index contributed by atoms with van der Waals surface area (Å²) < 4.78 is 17.1. The zero-order valence-electron chi connectivity index (χ0n) is 9.20. The molecule has 0 aromatic heterocycles. The molecule has 0 aliphatic carbocycles. The van der Waals surface area contributed by atoms with Crippen LogP contribution in [0.3, 0.4) is 0 Å². The Hall–Kier alpha value is -1.71. The van der Waals surface area contributed by atoms with Gasteiger partial charge in [0.15, 0.2) is 5.78 Å². The van der Waals surface area contributed by atoms with Crippen molar-refractivity contribution < 1.29 is 18.7 Å². The van der Waals surface area contributed by atoms with E-state index in [1.54, 1.807) is 6.92 Å². The second-order valence-corrected chi connectivity index (χ2v) is 3.55. The van der Waals surface area contributed by atoms with E-state index in [0.29, 0.717) is 5.56 Å². The minimum absolute atomic E-state index is 0.0344. The van der Waals surface area contributed by atoms with Crippen molar-refractivity contribution in [3.8, 4) is 0 Å². The number of ether oxygens (including phenoxy) is 1. The van der Waals surface area contributed by atoms with Crippen molar-refractivity contribution in [1.82, 2.24) is 0 Å².